The van der Waals surface area contributed by atoms with Crippen molar-refractivity contribution in [2.75, 3.05) is 18.5 Å². The van der Waals surface area contributed by atoms with Crippen LogP contribution in [0.15, 0.2) is 42.7 Å². The molecule has 0 aliphatic heterocycles. The molecule has 1 aromatic carbocycles. The van der Waals surface area contributed by atoms with Crippen molar-refractivity contribution in [3.63, 3.8) is 0 Å². The van der Waals surface area contributed by atoms with Gasteiger partial charge in [-0.25, -0.2) is 0 Å². The molecule has 2 aromatic rings. The van der Waals surface area contributed by atoms with Gasteiger partial charge in [-0.15, -0.1) is 0 Å². The lowest BCUT2D eigenvalue weighted by Crippen LogP contribution is -2.05. The predicted octanol–water partition coefficient (Wildman–Crippen LogP) is 4.31. The van der Waals surface area contributed by atoms with Crippen molar-refractivity contribution in [3.8, 4) is 5.75 Å². The van der Waals surface area contributed by atoms with Crippen molar-refractivity contribution in [2.45, 2.75) is 19.8 Å². The lowest BCUT2D eigenvalue weighted by molar-refractivity contribution is 0.308. The van der Waals surface area contributed by atoms with E-state index in [1.165, 1.54) is 5.56 Å². The Kier molecular flexibility index (Phi) is 5.69. The highest BCUT2D eigenvalue weighted by Crippen LogP contribution is 2.19. The van der Waals surface area contributed by atoms with Crippen LogP contribution in [0.2, 0.25) is 5.02 Å². The Morgan fingerprint density at radius 2 is 1.95 bits per heavy atom. The minimum atomic E-state index is 0.656. The molecular weight excluding hydrogens is 272 g/mol. The largest absolute Gasteiger partial charge is 0.494 e. The smallest absolute Gasteiger partial charge is 0.119 e. The lowest BCUT2D eigenvalue weighted by Gasteiger charge is -2.08. The van der Waals surface area contributed by atoms with Crippen LogP contribution in [0.1, 0.15) is 18.4 Å². The number of halogens is 1. The van der Waals surface area contributed by atoms with E-state index >= 15 is 0 Å². The third-order valence-corrected chi connectivity index (χ3v) is 3.25. The summed E-state index contributed by atoms with van der Waals surface area (Å²) in [5, 5.41) is 3.95. The van der Waals surface area contributed by atoms with Crippen LogP contribution in [0.5, 0.6) is 5.75 Å². The first-order chi connectivity index (χ1) is 9.75. The third kappa shape index (κ3) is 4.74. The average Bonchev–Trinajstić information content (AvgIpc) is 2.46. The molecule has 106 valence electrons. The fraction of sp³-hybridized carbons (Fsp3) is 0.312. The first-order valence-electron chi connectivity index (χ1n) is 6.78. The number of nitrogens with zero attached hydrogens (tertiary/aromatic N) is 1. The van der Waals surface area contributed by atoms with Crippen LogP contribution in [0.25, 0.3) is 0 Å². The monoisotopic (exact) mass is 290 g/mol. The molecule has 0 spiro atoms. The van der Waals surface area contributed by atoms with Gasteiger partial charge in [0.15, 0.2) is 0 Å². The quantitative estimate of drug-likeness (QED) is 0.771. The molecule has 1 N–H and O–H groups in total. The summed E-state index contributed by atoms with van der Waals surface area (Å²) in [4.78, 5) is 3.95. The van der Waals surface area contributed by atoms with E-state index in [0.29, 0.717) is 5.02 Å². The maximum Gasteiger partial charge on any atom is 0.119 e. The van der Waals surface area contributed by atoms with Gasteiger partial charge in [0.1, 0.15) is 5.75 Å². The van der Waals surface area contributed by atoms with Crippen molar-refractivity contribution < 1.29 is 4.74 Å². The van der Waals surface area contributed by atoms with Gasteiger partial charge < -0.3 is 10.1 Å². The van der Waals surface area contributed by atoms with Crippen LogP contribution >= 0.6 is 11.6 Å². The molecule has 0 aliphatic rings. The summed E-state index contributed by atoms with van der Waals surface area (Å²) in [6, 6.07) is 10.0. The predicted molar refractivity (Wildman–Crippen MR) is 83.6 cm³/mol. The van der Waals surface area contributed by atoms with E-state index in [-0.39, 0.29) is 0 Å². The second-order valence-electron chi connectivity index (χ2n) is 4.65. The second kappa shape index (κ2) is 7.75. The van der Waals surface area contributed by atoms with Crippen LogP contribution in [0, 0.1) is 6.92 Å². The molecule has 4 heteroatoms. The highest BCUT2D eigenvalue weighted by atomic mass is 35.5. The number of hydrogen-bond donors (Lipinski definition) is 1. The van der Waals surface area contributed by atoms with Gasteiger partial charge in [0.2, 0.25) is 0 Å². The summed E-state index contributed by atoms with van der Waals surface area (Å²) >= 11 is 6.01. The Balaban J connectivity index is 1.60. The molecular formula is C16H19ClN2O. The highest BCUT2D eigenvalue weighted by molar-refractivity contribution is 6.33. The third-order valence-electron chi connectivity index (χ3n) is 2.95. The SMILES string of the molecule is Cc1ccc(OCCCCNc2ccncc2Cl)cc1. The van der Waals surface area contributed by atoms with Crippen LogP contribution in [-0.4, -0.2) is 18.1 Å². The Bertz CT molecular complexity index is 528. The van der Waals surface area contributed by atoms with E-state index in [9.17, 15) is 0 Å². The number of aromatic nitrogens is 1. The van der Waals surface area contributed by atoms with Crippen LogP contribution in [0.4, 0.5) is 5.69 Å². The van der Waals surface area contributed by atoms with E-state index in [1.54, 1.807) is 12.4 Å². The molecule has 0 atom stereocenters. The van der Waals surface area contributed by atoms with Gasteiger partial charge in [-0.3, -0.25) is 4.98 Å². The van der Waals surface area contributed by atoms with Crippen molar-refractivity contribution in [2.24, 2.45) is 0 Å². The lowest BCUT2D eigenvalue weighted by atomic mass is 10.2. The Labute approximate surface area is 124 Å². The van der Waals surface area contributed by atoms with Crippen LogP contribution in [-0.2, 0) is 0 Å². The summed E-state index contributed by atoms with van der Waals surface area (Å²) in [6.45, 7) is 3.68. The molecule has 0 bridgehead atoms. The van der Waals surface area contributed by atoms with E-state index in [1.807, 2.05) is 18.2 Å². The Morgan fingerprint density at radius 3 is 2.70 bits per heavy atom. The zero-order chi connectivity index (χ0) is 14.2. The number of rotatable bonds is 7. The van der Waals surface area contributed by atoms with Gasteiger partial charge in [0.05, 0.1) is 17.3 Å². The van der Waals surface area contributed by atoms with Crippen molar-refractivity contribution in [3.05, 3.63) is 53.3 Å². The standard InChI is InChI=1S/C16H19ClN2O/c1-13-4-6-14(7-5-13)20-11-3-2-9-19-16-8-10-18-12-15(16)17/h4-8,10,12H,2-3,9,11H2,1H3,(H,18,19). The number of ether oxygens (including phenoxy) is 1. The molecule has 0 unspecified atom stereocenters. The van der Waals surface area contributed by atoms with E-state index in [0.717, 1.165) is 37.4 Å². The molecule has 0 amide bonds. The topological polar surface area (TPSA) is 34.1 Å². The fourth-order valence-corrected chi connectivity index (χ4v) is 1.98. The minimum absolute atomic E-state index is 0.656. The summed E-state index contributed by atoms with van der Waals surface area (Å²) in [5.74, 6) is 0.931. The Morgan fingerprint density at radius 1 is 1.15 bits per heavy atom. The van der Waals surface area contributed by atoms with Crippen molar-refractivity contribution in [1.29, 1.82) is 0 Å². The number of nitrogens with one attached hydrogen (secondary N) is 1. The van der Waals surface area contributed by atoms with Gasteiger partial charge >= 0.3 is 0 Å². The number of unbranched alkanes of at least 4 members (excludes halogenated alkanes) is 1. The molecule has 0 radical (unpaired) electrons. The molecule has 2 rings (SSSR count). The normalized spacial score (nSPS) is 10.3. The molecule has 0 fully saturated rings. The zero-order valence-corrected chi connectivity index (χ0v) is 12.4. The van der Waals surface area contributed by atoms with Gasteiger partial charge in [-0.05, 0) is 38.0 Å². The first-order valence-corrected chi connectivity index (χ1v) is 7.16. The number of hydrogen-bond acceptors (Lipinski definition) is 3. The van der Waals surface area contributed by atoms with Gasteiger partial charge in [-0.1, -0.05) is 29.3 Å². The number of aryl methyl sites for hydroxylation is 1. The summed E-state index contributed by atoms with van der Waals surface area (Å²) in [6.07, 6.45) is 5.41. The van der Waals surface area contributed by atoms with Gasteiger partial charge in [-0.2, -0.15) is 0 Å². The molecule has 20 heavy (non-hydrogen) atoms. The second-order valence-corrected chi connectivity index (χ2v) is 5.06. The summed E-state index contributed by atoms with van der Waals surface area (Å²) in [7, 11) is 0. The van der Waals surface area contributed by atoms with Gasteiger partial charge in [0.25, 0.3) is 0 Å². The zero-order valence-electron chi connectivity index (χ0n) is 11.6. The molecule has 0 saturated heterocycles. The van der Waals surface area contributed by atoms with E-state index in [2.05, 4.69) is 29.4 Å². The molecule has 0 saturated carbocycles. The average molecular weight is 291 g/mol. The maximum atomic E-state index is 6.01. The summed E-state index contributed by atoms with van der Waals surface area (Å²) in [5.41, 5.74) is 2.18. The van der Waals surface area contributed by atoms with Crippen molar-refractivity contribution in [1.82, 2.24) is 4.98 Å². The number of benzene rings is 1. The van der Waals surface area contributed by atoms with Crippen LogP contribution < -0.4 is 10.1 Å². The van der Waals surface area contributed by atoms with Crippen molar-refractivity contribution >= 4 is 17.3 Å². The van der Waals surface area contributed by atoms with Gasteiger partial charge in [0, 0.05) is 18.9 Å². The molecule has 1 aromatic heterocycles. The van der Waals surface area contributed by atoms with E-state index < -0.39 is 0 Å². The van der Waals surface area contributed by atoms with Crippen LogP contribution in [0.3, 0.4) is 0 Å². The molecule has 1 heterocycles. The summed E-state index contributed by atoms with van der Waals surface area (Å²) < 4.78 is 5.67. The highest BCUT2D eigenvalue weighted by Gasteiger charge is 1.98. The molecule has 3 nitrogen and oxygen atoms in total. The fourth-order valence-electron chi connectivity index (χ4n) is 1.79. The molecule has 0 aliphatic carbocycles. The number of pyridine rings is 1. The number of anilines is 1. The Hall–Kier alpha value is -1.74. The first kappa shape index (κ1) is 14.7. The minimum Gasteiger partial charge on any atom is -0.494 e. The van der Waals surface area contributed by atoms with E-state index in [4.69, 9.17) is 16.3 Å². The maximum absolute atomic E-state index is 6.01.